The summed E-state index contributed by atoms with van der Waals surface area (Å²) in [5.41, 5.74) is 3.00. The summed E-state index contributed by atoms with van der Waals surface area (Å²) in [6, 6.07) is 23.6. The molecule has 0 bridgehead atoms. The van der Waals surface area contributed by atoms with Gasteiger partial charge in [0.1, 0.15) is 17.6 Å². The van der Waals surface area contributed by atoms with Crippen molar-refractivity contribution in [3.63, 3.8) is 0 Å². The third-order valence-electron chi connectivity index (χ3n) is 6.80. The van der Waals surface area contributed by atoms with Crippen LogP contribution >= 0.6 is 11.8 Å². The van der Waals surface area contributed by atoms with Crippen LogP contribution < -0.4 is 15.4 Å². The molecule has 3 aromatic carbocycles. The molecule has 2 aliphatic heterocycles. The van der Waals surface area contributed by atoms with Gasteiger partial charge in [-0.15, -0.1) is 0 Å². The highest BCUT2D eigenvalue weighted by Gasteiger charge is 2.42. The second-order valence-electron chi connectivity index (χ2n) is 9.56. The molecular formula is C31H31N5O4S. The summed E-state index contributed by atoms with van der Waals surface area (Å²) in [6.45, 7) is 2.34. The fraction of sp³-hybridized carbons (Fsp3) is 0.258. The van der Waals surface area contributed by atoms with E-state index in [0.29, 0.717) is 41.1 Å². The van der Waals surface area contributed by atoms with E-state index in [0.717, 1.165) is 11.1 Å². The van der Waals surface area contributed by atoms with Gasteiger partial charge < -0.3 is 15.4 Å². The van der Waals surface area contributed by atoms with E-state index in [1.807, 2.05) is 73.7 Å². The fourth-order valence-corrected chi connectivity index (χ4v) is 5.65. The van der Waals surface area contributed by atoms with Gasteiger partial charge in [-0.1, -0.05) is 73.3 Å². The Balaban J connectivity index is 1.30. The minimum atomic E-state index is -0.716. The highest BCUT2D eigenvalue weighted by atomic mass is 32.2. The molecule has 0 fully saturated rings. The first kappa shape index (κ1) is 28.1. The number of aliphatic imine (C=N–C) groups is 2. The Morgan fingerprint density at radius 1 is 1.02 bits per heavy atom. The average molecular weight is 570 g/mol. The number of rotatable bonds is 10. The maximum absolute atomic E-state index is 13.6. The SMILES string of the molecule is CC[C@@H](SC1=Nc2ccccc2C2=N[C@H](CCC(=O)NCc3ccccc3)C(=O)N12)C(=O)Nc1ccccc1OC. The molecule has 0 saturated heterocycles. The summed E-state index contributed by atoms with van der Waals surface area (Å²) < 4.78 is 5.37. The summed E-state index contributed by atoms with van der Waals surface area (Å²) >= 11 is 1.22. The molecule has 10 heteroatoms. The summed E-state index contributed by atoms with van der Waals surface area (Å²) in [5.74, 6) is 0.439. The average Bonchev–Trinajstić information content (AvgIpc) is 3.34. The summed E-state index contributed by atoms with van der Waals surface area (Å²) in [6.07, 6.45) is 0.935. The number of amidine groups is 2. The smallest absolute Gasteiger partial charge is 0.259 e. The normalized spacial score (nSPS) is 16.2. The number of para-hydroxylation sites is 3. The van der Waals surface area contributed by atoms with Gasteiger partial charge in [0.15, 0.2) is 5.17 Å². The molecule has 3 aromatic rings. The van der Waals surface area contributed by atoms with Crippen molar-refractivity contribution >= 4 is 51.9 Å². The van der Waals surface area contributed by atoms with E-state index < -0.39 is 11.3 Å². The molecule has 0 aliphatic carbocycles. The Morgan fingerprint density at radius 2 is 1.76 bits per heavy atom. The second kappa shape index (κ2) is 12.8. The fourth-order valence-electron chi connectivity index (χ4n) is 4.63. The van der Waals surface area contributed by atoms with Crippen molar-refractivity contribution in [1.29, 1.82) is 0 Å². The van der Waals surface area contributed by atoms with Crippen molar-refractivity contribution < 1.29 is 19.1 Å². The van der Waals surface area contributed by atoms with Crippen molar-refractivity contribution in [2.45, 2.75) is 44.0 Å². The number of ether oxygens (including phenoxy) is 1. The molecule has 9 nitrogen and oxygen atoms in total. The van der Waals surface area contributed by atoms with E-state index in [9.17, 15) is 14.4 Å². The predicted molar refractivity (Wildman–Crippen MR) is 162 cm³/mol. The van der Waals surface area contributed by atoms with Crippen LogP contribution in [0.15, 0.2) is 88.8 Å². The van der Waals surface area contributed by atoms with E-state index in [1.165, 1.54) is 16.7 Å². The van der Waals surface area contributed by atoms with E-state index >= 15 is 0 Å². The molecule has 2 N–H and O–H groups in total. The zero-order valence-corrected chi connectivity index (χ0v) is 23.7. The molecule has 0 unspecified atom stereocenters. The van der Waals surface area contributed by atoms with Crippen LogP contribution in [-0.4, -0.2) is 52.0 Å². The van der Waals surface area contributed by atoms with Crippen LogP contribution in [0.1, 0.15) is 37.3 Å². The number of amides is 3. The molecule has 41 heavy (non-hydrogen) atoms. The minimum absolute atomic E-state index is 0.144. The van der Waals surface area contributed by atoms with Gasteiger partial charge in [0.25, 0.3) is 5.91 Å². The number of nitrogens with zero attached hydrogens (tertiary/aromatic N) is 3. The zero-order valence-electron chi connectivity index (χ0n) is 22.9. The molecule has 3 amide bonds. The lowest BCUT2D eigenvalue weighted by molar-refractivity contribution is -0.125. The molecule has 5 rings (SSSR count). The Morgan fingerprint density at radius 3 is 2.54 bits per heavy atom. The molecule has 0 spiro atoms. The van der Waals surface area contributed by atoms with Gasteiger partial charge in [-0.2, -0.15) is 0 Å². The second-order valence-corrected chi connectivity index (χ2v) is 10.7. The molecule has 2 aliphatic rings. The van der Waals surface area contributed by atoms with Crippen LogP contribution in [0, 0.1) is 0 Å². The number of fused-ring (bicyclic) bond motifs is 3. The summed E-state index contributed by atoms with van der Waals surface area (Å²) in [4.78, 5) is 50.5. The predicted octanol–water partition coefficient (Wildman–Crippen LogP) is 4.90. The van der Waals surface area contributed by atoms with Crippen molar-refractivity contribution in [3.8, 4) is 5.75 Å². The number of benzene rings is 3. The van der Waals surface area contributed by atoms with E-state index in [-0.39, 0.29) is 30.6 Å². The van der Waals surface area contributed by atoms with Crippen LogP contribution in [0.3, 0.4) is 0 Å². The Hall–Kier alpha value is -4.44. The Labute approximate surface area is 243 Å². The molecule has 0 saturated carbocycles. The Bertz CT molecular complexity index is 1510. The van der Waals surface area contributed by atoms with Gasteiger partial charge in [0.2, 0.25) is 11.8 Å². The van der Waals surface area contributed by atoms with Crippen LogP contribution in [0.2, 0.25) is 0 Å². The van der Waals surface area contributed by atoms with Gasteiger partial charge in [-0.05, 0) is 42.7 Å². The number of methoxy groups -OCH3 is 1. The first-order valence-electron chi connectivity index (χ1n) is 13.5. The number of carbonyl (C=O) groups excluding carboxylic acids is 3. The van der Waals surface area contributed by atoms with Gasteiger partial charge in [0, 0.05) is 18.5 Å². The summed E-state index contributed by atoms with van der Waals surface area (Å²) in [7, 11) is 1.55. The zero-order chi connectivity index (χ0) is 28.8. The monoisotopic (exact) mass is 569 g/mol. The lowest BCUT2D eigenvalue weighted by Crippen LogP contribution is -2.42. The number of anilines is 1. The maximum atomic E-state index is 13.6. The first-order valence-corrected chi connectivity index (χ1v) is 14.4. The molecule has 210 valence electrons. The van der Waals surface area contributed by atoms with Crippen molar-refractivity contribution in [1.82, 2.24) is 10.2 Å². The number of hydrogen-bond acceptors (Lipinski definition) is 7. The maximum Gasteiger partial charge on any atom is 0.259 e. The summed E-state index contributed by atoms with van der Waals surface area (Å²) in [5, 5.41) is 5.71. The lowest BCUT2D eigenvalue weighted by atomic mass is 10.1. The number of thioether (sulfide) groups is 1. The number of hydrogen-bond donors (Lipinski definition) is 2. The molecular weight excluding hydrogens is 538 g/mol. The highest BCUT2D eigenvalue weighted by Crippen LogP contribution is 2.36. The van der Waals surface area contributed by atoms with Crippen molar-refractivity contribution in [2.24, 2.45) is 9.98 Å². The highest BCUT2D eigenvalue weighted by molar-refractivity contribution is 8.15. The lowest BCUT2D eigenvalue weighted by Gasteiger charge is -2.27. The van der Waals surface area contributed by atoms with Gasteiger partial charge >= 0.3 is 0 Å². The largest absolute Gasteiger partial charge is 0.495 e. The van der Waals surface area contributed by atoms with Crippen molar-refractivity contribution in [3.05, 3.63) is 90.0 Å². The van der Waals surface area contributed by atoms with Crippen LogP contribution in [0.4, 0.5) is 11.4 Å². The standard InChI is InChI=1S/C31H31N5O4S/c1-3-26(29(38)34-23-15-9-10-16-25(23)40-2)41-31-35-22-14-8-7-13-21(22)28-33-24(30(39)36(28)31)17-18-27(37)32-19-20-11-5-4-6-12-20/h4-16,24,26H,3,17-19H2,1-2H3,(H,32,37)(H,34,38)/t24-,26-/m1/s1. The van der Waals surface area contributed by atoms with Crippen LogP contribution in [0.25, 0.3) is 0 Å². The molecule has 2 atom stereocenters. The Kier molecular flexibility index (Phi) is 8.79. The van der Waals surface area contributed by atoms with Crippen LogP contribution in [0.5, 0.6) is 5.75 Å². The quantitative estimate of drug-likeness (QED) is 0.361. The van der Waals surface area contributed by atoms with Gasteiger partial charge in [-0.3, -0.25) is 19.4 Å². The molecule has 2 heterocycles. The number of carbonyl (C=O) groups is 3. The van der Waals surface area contributed by atoms with E-state index in [1.54, 1.807) is 19.2 Å². The molecule has 0 radical (unpaired) electrons. The van der Waals surface area contributed by atoms with E-state index in [2.05, 4.69) is 10.6 Å². The minimum Gasteiger partial charge on any atom is -0.495 e. The first-order chi connectivity index (χ1) is 20.0. The van der Waals surface area contributed by atoms with Crippen LogP contribution in [-0.2, 0) is 20.9 Å². The van der Waals surface area contributed by atoms with Gasteiger partial charge in [-0.25, -0.2) is 9.89 Å². The van der Waals surface area contributed by atoms with Gasteiger partial charge in [0.05, 0.1) is 23.7 Å². The van der Waals surface area contributed by atoms with E-state index in [4.69, 9.17) is 14.7 Å². The molecule has 0 aromatic heterocycles. The topological polar surface area (TPSA) is 112 Å². The van der Waals surface area contributed by atoms with Crippen molar-refractivity contribution in [2.75, 3.05) is 12.4 Å². The number of nitrogens with one attached hydrogen (secondary N) is 2. The third kappa shape index (κ3) is 6.33. The third-order valence-corrected chi connectivity index (χ3v) is 8.12.